The average Bonchev–Trinajstić information content (AvgIpc) is 3.18. The molecule has 0 spiro atoms. The van der Waals surface area contributed by atoms with Gasteiger partial charge >= 0.3 is 0 Å². The molecule has 6 nitrogen and oxygen atoms in total. The largest absolute Gasteiger partial charge is 0.467 e. The van der Waals surface area contributed by atoms with Crippen LogP contribution in [0.3, 0.4) is 0 Å². The van der Waals surface area contributed by atoms with Crippen LogP contribution in [0.5, 0.6) is 0 Å². The molecule has 102 valence electrons. The van der Waals surface area contributed by atoms with Gasteiger partial charge in [-0.3, -0.25) is 0 Å². The summed E-state index contributed by atoms with van der Waals surface area (Å²) in [6, 6.07) is 7.80. The molecular weight excluding hydrogens is 254 g/mol. The zero-order valence-corrected chi connectivity index (χ0v) is 11.1. The average molecular weight is 269 g/mol. The molecule has 6 heteroatoms. The predicted molar refractivity (Wildman–Crippen MR) is 74.5 cm³/mol. The van der Waals surface area contributed by atoms with Crippen molar-refractivity contribution in [1.29, 1.82) is 0 Å². The highest BCUT2D eigenvalue weighted by molar-refractivity contribution is 5.57. The summed E-state index contributed by atoms with van der Waals surface area (Å²) in [6.07, 6.45) is 7.43. The van der Waals surface area contributed by atoms with E-state index in [4.69, 9.17) is 4.42 Å². The van der Waals surface area contributed by atoms with E-state index in [1.165, 1.54) is 6.33 Å². The van der Waals surface area contributed by atoms with Crippen molar-refractivity contribution < 1.29 is 4.42 Å². The minimum absolute atomic E-state index is 0.0940. The molecule has 3 aromatic heterocycles. The number of furan rings is 1. The Kier molecular flexibility index (Phi) is 3.45. The van der Waals surface area contributed by atoms with Crippen molar-refractivity contribution in [2.75, 3.05) is 5.32 Å². The van der Waals surface area contributed by atoms with Crippen molar-refractivity contribution in [2.24, 2.45) is 0 Å². The molecule has 1 atom stereocenters. The topological polar surface area (TPSA) is 68.8 Å². The molecule has 1 N–H and O–H groups in total. The van der Waals surface area contributed by atoms with Crippen LogP contribution in [-0.4, -0.2) is 19.7 Å². The highest BCUT2D eigenvalue weighted by atomic mass is 16.3. The number of pyridine rings is 1. The van der Waals surface area contributed by atoms with E-state index in [2.05, 4.69) is 27.3 Å². The molecule has 0 aliphatic carbocycles. The quantitative estimate of drug-likeness (QED) is 0.771. The first-order valence-corrected chi connectivity index (χ1v) is 6.48. The van der Waals surface area contributed by atoms with E-state index in [0.29, 0.717) is 0 Å². The Morgan fingerprint density at radius 1 is 1.35 bits per heavy atom. The van der Waals surface area contributed by atoms with E-state index < -0.39 is 0 Å². The van der Waals surface area contributed by atoms with Crippen molar-refractivity contribution in [3.63, 3.8) is 0 Å². The lowest BCUT2D eigenvalue weighted by Gasteiger charge is -2.17. The van der Waals surface area contributed by atoms with E-state index in [9.17, 15) is 0 Å². The first kappa shape index (κ1) is 12.4. The summed E-state index contributed by atoms with van der Waals surface area (Å²) in [7, 11) is 0. The fourth-order valence-electron chi connectivity index (χ4n) is 2.06. The van der Waals surface area contributed by atoms with Gasteiger partial charge in [0.2, 0.25) is 0 Å². The minimum Gasteiger partial charge on any atom is -0.467 e. The number of nitrogens with zero attached hydrogens (tertiary/aromatic N) is 4. The Labute approximate surface area is 116 Å². The van der Waals surface area contributed by atoms with E-state index in [0.717, 1.165) is 23.7 Å². The highest BCUT2D eigenvalue weighted by Crippen LogP contribution is 2.25. The Balaban J connectivity index is 1.91. The van der Waals surface area contributed by atoms with Crippen LogP contribution in [0.25, 0.3) is 5.82 Å². The summed E-state index contributed by atoms with van der Waals surface area (Å²) in [5, 5.41) is 7.57. The van der Waals surface area contributed by atoms with Gasteiger partial charge in [-0.2, -0.15) is 5.10 Å². The molecule has 20 heavy (non-hydrogen) atoms. The smallest absolute Gasteiger partial charge is 0.178 e. The van der Waals surface area contributed by atoms with Gasteiger partial charge in [0.05, 0.1) is 18.0 Å². The monoisotopic (exact) mass is 269 g/mol. The third-order valence-corrected chi connectivity index (χ3v) is 3.05. The van der Waals surface area contributed by atoms with E-state index in [-0.39, 0.29) is 6.04 Å². The first-order chi connectivity index (χ1) is 9.88. The molecule has 0 radical (unpaired) electrons. The number of hydrogen-bond acceptors (Lipinski definition) is 5. The summed E-state index contributed by atoms with van der Waals surface area (Å²) in [6.45, 7) is 2.10. The fraction of sp³-hybridized carbons (Fsp3) is 0.214. The Morgan fingerprint density at radius 2 is 2.30 bits per heavy atom. The molecule has 0 bridgehead atoms. The zero-order valence-electron chi connectivity index (χ0n) is 11.1. The number of rotatable bonds is 5. The molecule has 0 fully saturated rings. The maximum atomic E-state index is 5.47. The SMILES string of the molecule is CCC(Nc1cccnc1-n1cncn1)c1ccco1. The van der Waals surface area contributed by atoms with Crippen LogP contribution in [0.4, 0.5) is 5.69 Å². The highest BCUT2D eigenvalue weighted by Gasteiger charge is 2.15. The normalized spacial score (nSPS) is 12.2. The second-order valence-electron chi connectivity index (χ2n) is 4.34. The molecule has 0 amide bonds. The molecule has 0 aliphatic rings. The summed E-state index contributed by atoms with van der Waals surface area (Å²) in [4.78, 5) is 8.31. The molecule has 3 rings (SSSR count). The Bertz CT molecular complexity index is 648. The molecule has 3 heterocycles. The fourth-order valence-corrected chi connectivity index (χ4v) is 2.06. The molecule has 3 aromatic rings. The zero-order chi connectivity index (χ0) is 13.8. The predicted octanol–water partition coefficient (Wildman–Crippen LogP) is 2.82. The van der Waals surface area contributed by atoms with Crippen LogP contribution in [-0.2, 0) is 0 Å². The van der Waals surface area contributed by atoms with Crippen molar-refractivity contribution >= 4 is 5.69 Å². The van der Waals surface area contributed by atoms with Crippen LogP contribution >= 0.6 is 0 Å². The lowest BCUT2D eigenvalue weighted by molar-refractivity contribution is 0.473. The first-order valence-electron chi connectivity index (χ1n) is 6.48. The standard InChI is InChI=1S/C14H15N5O/c1-2-11(13-6-4-8-20-13)18-12-5-3-7-16-14(12)19-10-15-9-17-19/h3-11,18H,2H2,1H3. The van der Waals surface area contributed by atoms with Crippen molar-refractivity contribution in [2.45, 2.75) is 19.4 Å². The summed E-state index contributed by atoms with van der Waals surface area (Å²) < 4.78 is 7.11. The number of nitrogens with one attached hydrogen (secondary N) is 1. The Morgan fingerprint density at radius 3 is 3.00 bits per heavy atom. The third kappa shape index (κ3) is 2.40. The number of anilines is 1. The van der Waals surface area contributed by atoms with Gasteiger partial charge in [0.15, 0.2) is 5.82 Å². The summed E-state index contributed by atoms with van der Waals surface area (Å²) in [5.74, 6) is 1.62. The molecule has 0 aliphatic heterocycles. The molecule has 0 saturated heterocycles. The second-order valence-corrected chi connectivity index (χ2v) is 4.34. The van der Waals surface area contributed by atoms with E-state index in [1.807, 2.05) is 24.3 Å². The van der Waals surface area contributed by atoms with Crippen molar-refractivity contribution in [1.82, 2.24) is 19.7 Å². The van der Waals surface area contributed by atoms with Crippen LogP contribution < -0.4 is 5.32 Å². The van der Waals surface area contributed by atoms with Gasteiger partial charge in [0, 0.05) is 6.20 Å². The van der Waals surface area contributed by atoms with Crippen LogP contribution in [0.15, 0.2) is 53.8 Å². The molecule has 1 unspecified atom stereocenters. The van der Waals surface area contributed by atoms with E-state index >= 15 is 0 Å². The van der Waals surface area contributed by atoms with E-state index in [1.54, 1.807) is 23.5 Å². The number of hydrogen-bond donors (Lipinski definition) is 1. The molecule has 0 saturated carbocycles. The van der Waals surface area contributed by atoms with Gasteiger partial charge in [-0.25, -0.2) is 14.6 Å². The van der Waals surface area contributed by atoms with Gasteiger partial charge < -0.3 is 9.73 Å². The number of aromatic nitrogens is 4. The maximum absolute atomic E-state index is 5.47. The minimum atomic E-state index is 0.0940. The molecule has 0 aromatic carbocycles. The summed E-state index contributed by atoms with van der Waals surface area (Å²) in [5.41, 5.74) is 0.890. The maximum Gasteiger partial charge on any atom is 0.178 e. The van der Waals surface area contributed by atoms with Crippen LogP contribution in [0.2, 0.25) is 0 Å². The second kappa shape index (κ2) is 5.56. The van der Waals surface area contributed by atoms with Gasteiger partial charge in [0.1, 0.15) is 18.4 Å². The van der Waals surface area contributed by atoms with Gasteiger partial charge in [0.25, 0.3) is 0 Å². The van der Waals surface area contributed by atoms with Crippen LogP contribution in [0.1, 0.15) is 25.1 Å². The third-order valence-electron chi connectivity index (χ3n) is 3.05. The van der Waals surface area contributed by atoms with Gasteiger partial charge in [-0.1, -0.05) is 6.92 Å². The van der Waals surface area contributed by atoms with Crippen molar-refractivity contribution in [3.8, 4) is 5.82 Å². The van der Waals surface area contributed by atoms with Crippen LogP contribution in [0, 0.1) is 0 Å². The van der Waals surface area contributed by atoms with Crippen molar-refractivity contribution in [3.05, 3.63) is 55.1 Å². The lowest BCUT2D eigenvalue weighted by atomic mass is 10.1. The van der Waals surface area contributed by atoms with Gasteiger partial charge in [-0.05, 0) is 30.7 Å². The Hall–Kier alpha value is -2.63. The molecular formula is C14H15N5O. The lowest BCUT2D eigenvalue weighted by Crippen LogP contribution is -2.12. The summed E-state index contributed by atoms with van der Waals surface area (Å²) >= 11 is 0. The van der Waals surface area contributed by atoms with Gasteiger partial charge in [-0.15, -0.1) is 0 Å².